The lowest BCUT2D eigenvalue weighted by atomic mass is 9.54. The minimum absolute atomic E-state index is 0.492. The molecule has 30 heavy (non-hydrogen) atoms. The van der Waals surface area contributed by atoms with Crippen molar-refractivity contribution in [3.63, 3.8) is 0 Å². The molecule has 7 unspecified atom stereocenters. The molecule has 0 aliphatic heterocycles. The predicted molar refractivity (Wildman–Crippen MR) is 129 cm³/mol. The fourth-order valence-electron chi connectivity index (χ4n) is 9.75. The Morgan fingerprint density at radius 2 is 1.83 bits per heavy atom. The third-order valence-electron chi connectivity index (χ3n) is 11.4. The Hall–Kier alpha value is -0.760. The van der Waals surface area contributed by atoms with E-state index in [1.807, 2.05) is 0 Å². The molecule has 4 aliphatic rings. The van der Waals surface area contributed by atoms with Gasteiger partial charge in [0.2, 0.25) is 0 Å². The normalized spacial score (nSPS) is 46.9. The molecule has 4 rings (SSSR count). The smallest absolute Gasteiger partial charge is 0.0266 e. The molecular weight excluding hydrogens is 364 g/mol. The Morgan fingerprint density at radius 1 is 1.07 bits per heavy atom. The zero-order chi connectivity index (χ0) is 21.6. The van der Waals surface area contributed by atoms with Crippen molar-refractivity contribution in [1.29, 1.82) is 0 Å². The van der Waals surface area contributed by atoms with Crippen LogP contribution < -0.4 is 11.1 Å². The van der Waals surface area contributed by atoms with Gasteiger partial charge in [0.05, 0.1) is 0 Å². The van der Waals surface area contributed by atoms with Crippen molar-refractivity contribution in [2.45, 2.75) is 97.8 Å². The van der Waals surface area contributed by atoms with E-state index in [1.165, 1.54) is 76.3 Å². The molecule has 0 bridgehead atoms. The number of hydrogen-bond acceptors (Lipinski definition) is 2. The SMILES string of the molecule is C=CCC1CCCCC12C1CCC3(C)C(CCC3(C)CCCC(=C)NCCN)C12C. The summed E-state index contributed by atoms with van der Waals surface area (Å²) in [5.41, 5.74) is 9.05. The number of nitrogens with two attached hydrogens (primary N) is 1. The average Bonchev–Trinajstić information content (AvgIpc) is 3.11. The highest BCUT2D eigenvalue weighted by Crippen LogP contribution is 2.88. The minimum atomic E-state index is 0.492. The summed E-state index contributed by atoms with van der Waals surface area (Å²) in [5.74, 6) is 2.83. The Morgan fingerprint density at radius 3 is 2.57 bits per heavy atom. The van der Waals surface area contributed by atoms with Crippen LogP contribution in [0.25, 0.3) is 0 Å². The molecule has 4 aliphatic carbocycles. The molecule has 0 aromatic carbocycles. The molecule has 4 saturated carbocycles. The van der Waals surface area contributed by atoms with Crippen LogP contribution in [0.1, 0.15) is 97.8 Å². The van der Waals surface area contributed by atoms with Crippen LogP contribution in [0.15, 0.2) is 24.9 Å². The second-order valence-electron chi connectivity index (χ2n) is 12.1. The molecule has 3 N–H and O–H groups in total. The lowest BCUT2D eigenvalue weighted by Gasteiger charge is -2.51. The minimum Gasteiger partial charge on any atom is -0.388 e. The molecule has 7 atom stereocenters. The lowest BCUT2D eigenvalue weighted by molar-refractivity contribution is -0.0194. The molecular formula is C28H48N2. The molecule has 0 saturated heterocycles. The number of fused-ring (bicyclic) bond motifs is 5. The summed E-state index contributed by atoms with van der Waals surface area (Å²) in [6.45, 7) is 18.0. The summed E-state index contributed by atoms with van der Waals surface area (Å²) in [6.07, 6.45) is 18.9. The van der Waals surface area contributed by atoms with Crippen molar-refractivity contribution in [1.82, 2.24) is 5.32 Å². The molecule has 0 amide bonds. The van der Waals surface area contributed by atoms with Gasteiger partial charge in [0.15, 0.2) is 0 Å². The van der Waals surface area contributed by atoms with Crippen LogP contribution >= 0.6 is 0 Å². The van der Waals surface area contributed by atoms with Gasteiger partial charge in [-0.25, -0.2) is 0 Å². The summed E-state index contributed by atoms with van der Waals surface area (Å²) in [5, 5.41) is 3.38. The lowest BCUT2D eigenvalue weighted by Crippen LogP contribution is -2.43. The molecule has 2 nitrogen and oxygen atoms in total. The van der Waals surface area contributed by atoms with E-state index in [0.717, 1.165) is 30.7 Å². The second kappa shape index (κ2) is 7.98. The van der Waals surface area contributed by atoms with E-state index < -0.39 is 0 Å². The number of allylic oxidation sites excluding steroid dienone is 2. The Bertz CT molecular complexity index is 670. The first-order chi connectivity index (χ1) is 14.3. The molecule has 4 fully saturated rings. The van der Waals surface area contributed by atoms with Gasteiger partial charge in [-0.2, -0.15) is 0 Å². The van der Waals surface area contributed by atoms with E-state index >= 15 is 0 Å². The van der Waals surface area contributed by atoms with Crippen molar-refractivity contribution in [3.8, 4) is 0 Å². The third-order valence-corrected chi connectivity index (χ3v) is 11.4. The number of rotatable bonds is 9. The Labute approximate surface area is 186 Å². The summed E-state index contributed by atoms with van der Waals surface area (Å²) < 4.78 is 0. The largest absolute Gasteiger partial charge is 0.388 e. The van der Waals surface area contributed by atoms with Gasteiger partial charge in [0.25, 0.3) is 0 Å². The van der Waals surface area contributed by atoms with E-state index in [4.69, 9.17) is 5.73 Å². The average molecular weight is 413 g/mol. The van der Waals surface area contributed by atoms with Gasteiger partial charge in [-0.15, -0.1) is 6.58 Å². The van der Waals surface area contributed by atoms with Crippen LogP contribution in [0.5, 0.6) is 0 Å². The highest BCUT2D eigenvalue weighted by Gasteiger charge is 2.82. The zero-order valence-electron chi connectivity index (χ0n) is 20.2. The van der Waals surface area contributed by atoms with Crippen LogP contribution in [-0.4, -0.2) is 13.1 Å². The molecule has 2 heteroatoms. The highest BCUT2D eigenvalue weighted by atomic mass is 14.9. The van der Waals surface area contributed by atoms with Crippen molar-refractivity contribution >= 4 is 0 Å². The van der Waals surface area contributed by atoms with Crippen molar-refractivity contribution < 1.29 is 0 Å². The maximum atomic E-state index is 5.62. The number of hydrogen-bond donors (Lipinski definition) is 2. The first-order valence-electron chi connectivity index (χ1n) is 13.0. The third kappa shape index (κ3) is 2.99. The fourth-order valence-corrected chi connectivity index (χ4v) is 9.75. The monoisotopic (exact) mass is 412 g/mol. The molecule has 0 heterocycles. The first kappa shape index (κ1) is 22.4. The van der Waals surface area contributed by atoms with E-state index in [1.54, 1.807) is 0 Å². The van der Waals surface area contributed by atoms with Gasteiger partial charge in [-0.1, -0.05) is 46.3 Å². The van der Waals surface area contributed by atoms with E-state index in [0.29, 0.717) is 28.2 Å². The van der Waals surface area contributed by atoms with Gasteiger partial charge in [0.1, 0.15) is 0 Å². The summed E-state index contributed by atoms with van der Waals surface area (Å²) in [4.78, 5) is 0. The summed E-state index contributed by atoms with van der Waals surface area (Å²) >= 11 is 0. The topological polar surface area (TPSA) is 38.0 Å². The maximum absolute atomic E-state index is 5.62. The molecule has 0 radical (unpaired) electrons. The maximum Gasteiger partial charge on any atom is 0.0266 e. The molecule has 170 valence electrons. The van der Waals surface area contributed by atoms with Gasteiger partial charge >= 0.3 is 0 Å². The van der Waals surface area contributed by atoms with Gasteiger partial charge in [-0.3, -0.25) is 0 Å². The van der Waals surface area contributed by atoms with Crippen LogP contribution in [0, 0.1) is 39.4 Å². The van der Waals surface area contributed by atoms with Crippen LogP contribution in [0.3, 0.4) is 0 Å². The van der Waals surface area contributed by atoms with Crippen LogP contribution in [0.4, 0.5) is 0 Å². The van der Waals surface area contributed by atoms with Crippen LogP contribution in [-0.2, 0) is 0 Å². The first-order valence-corrected chi connectivity index (χ1v) is 13.0. The fraction of sp³-hybridized carbons (Fsp3) is 0.857. The van der Waals surface area contributed by atoms with E-state index in [2.05, 4.69) is 45.3 Å². The van der Waals surface area contributed by atoms with E-state index in [-0.39, 0.29) is 0 Å². The van der Waals surface area contributed by atoms with Gasteiger partial charge in [0, 0.05) is 18.8 Å². The summed E-state index contributed by atoms with van der Waals surface area (Å²) in [6, 6.07) is 0. The second-order valence-corrected chi connectivity index (χ2v) is 12.1. The quantitative estimate of drug-likeness (QED) is 0.408. The zero-order valence-corrected chi connectivity index (χ0v) is 20.2. The highest BCUT2D eigenvalue weighted by molar-refractivity contribution is 5.30. The van der Waals surface area contributed by atoms with Gasteiger partial charge in [-0.05, 0) is 104 Å². The van der Waals surface area contributed by atoms with Gasteiger partial charge < -0.3 is 11.1 Å². The molecule has 0 aromatic rings. The summed E-state index contributed by atoms with van der Waals surface area (Å²) in [7, 11) is 0. The number of nitrogens with one attached hydrogen (secondary N) is 1. The molecule has 1 spiro atoms. The predicted octanol–water partition coefficient (Wildman–Crippen LogP) is 6.82. The Kier molecular flexibility index (Phi) is 5.97. The van der Waals surface area contributed by atoms with Crippen molar-refractivity contribution in [2.24, 2.45) is 45.1 Å². The van der Waals surface area contributed by atoms with E-state index in [9.17, 15) is 0 Å². The molecule has 0 aromatic heterocycles. The standard InChI is InChI=1S/C28H48N2/c1-6-10-22-12-7-8-16-28(22)24-14-18-26(4)23(27(24,28)5)13-17-25(26,3)15-9-11-21(2)30-20-19-29/h6,22-24,30H,1-2,7-20,29H2,3-5H3. The Balaban J connectivity index is 1.49. The van der Waals surface area contributed by atoms with Crippen molar-refractivity contribution in [3.05, 3.63) is 24.9 Å². The van der Waals surface area contributed by atoms with Crippen LogP contribution in [0.2, 0.25) is 0 Å². The van der Waals surface area contributed by atoms with Crippen molar-refractivity contribution in [2.75, 3.05) is 13.1 Å².